The van der Waals surface area contributed by atoms with Gasteiger partial charge in [0.25, 0.3) is 0 Å². The molecule has 0 N–H and O–H groups in total. The van der Waals surface area contributed by atoms with Crippen molar-refractivity contribution in [2.75, 3.05) is 13.2 Å². The Hall–Kier alpha value is -1.99. The first kappa shape index (κ1) is 17.4. The van der Waals surface area contributed by atoms with Crippen molar-refractivity contribution in [2.24, 2.45) is 0 Å². The molecule has 0 spiro atoms. The Morgan fingerprint density at radius 1 is 1.08 bits per heavy atom. The van der Waals surface area contributed by atoms with E-state index in [2.05, 4.69) is 42.8 Å². The molecule has 1 aliphatic rings. The third-order valence-corrected chi connectivity index (χ3v) is 5.91. The van der Waals surface area contributed by atoms with Gasteiger partial charge in [0.15, 0.2) is 16.7 Å². The lowest BCUT2D eigenvalue weighted by Crippen LogP contribution is -2.15. The van der Waals surface area contributed by atoms with Gasteiger partial charge in [0.2, 0.25) is 0 Å². The first-order valence-electron chi connectivity index (χ1n) is 8.35. The molecule has 5 nitrogen and oxygen atoms in total. The maximum atomic E-state index is 5.69. The summed E-state index contributed by atoms with van der Waals surface area (Å²) in [6.45, 7) is 3.94. The monoisotopic (exact) mass is 431 g/mol. The Labute approximate surface area is 164 Å². The summed E-state index contributed by atoms with van der Waals surface area (Å²) >= 11 is 5.30. The van der Waals surface area contributed by atoms with Crippen molar-refractivity contribution in [3.63, 3.8) is 0 Å². The van der Waals surface area contributed by atoms with E-state index in [1.807, 2.05) is 37.3 Å². The maximum absolute atomic E-state index is 5.69. The van der Waals surface area contributed by atoms with Gasteiger partial charge in [-0.25, -0.2) is 0 Å². The van der Waals surface area contributed by atoms with Crippen molar-refractivity contribution in [3.05, 3.63) is 63.9 Å². The number of hydrogen-bond donors (Lipinski definition) is 0. The fourth-order valence-electron chi connectivity index (χ4n) is 2.78. The van der Waals surface area contributed by atoms with Gasteiger partial charge in [0.1, 0.15) is 19.0 Å². The molecule has 0 fully saturated rings. The van der Waals surface area contributed by atoms with E-state index in [1.165, 1.54) is 5.56 Å². The highest BCUT2D eigenvalue weighted by atomic mass is 79.9. The van der Waals surface area contributed by atoms with Crippen molar-refractivity contribution in [1.29, 1.82) is 0 Å². The second kappa shape index (κ2) is 7.72. The second-order valence-electron chi connectivity index (χ2n) is 5.98. The standard InChI is InChI=1S/C19H18BrN3O2S/c1-13-21-22-19(23(13)11-14-5-3-2-4-6-14)26-12-15-9-17-18(10-16(15)20)25-8-7-24-17/h2-6,9-10H,7-8,11-12H2,1H3. The zero-order valence-corrected chi connectivity index (χ0v) is 16.7. The van der Waals surface area contributed by atoms with Gasteiger partial charge < -0.3 is 14.0 Å². The van der Waals surface area contributed by atoms with Crippen LogP contribution in [0.2, 0.25) is 0 Å². The van der Waals surface area contributed by atoms with Crippen LogP contribution in [-0.2, 0) is 12.3 Å². The molecule has 0 unspecified atom stereocenters. The molecule has 0 radical (unpaired) electrons. The third kappa shape index (κ3) is 3.73. The number of ether oxygens (including phenoxy) is 2. The predicted octanol–water partition coefficient (Wildman–Crippen LogP) is 4.46. The Kier molecular flexibility index (Phi) is 5.17. The largest absolute Gasteiger partial charge is 0.486 e. The molecule has 0 bridgehead atoms. The van der Waals surface area contributed by atoms with E-state index in [1.54, 1.807) is 11.8 Å². The minimum atomic E-state index is 0.589. The molecule has 26 heavy (non-hydrogen) atoms. The van der Waals surface area contributed by atoms with Crippen LogP contribution in [0.4, 0.5) is 0 Å². The van der Waals surface area contributed by atoms with Crippen LogP contribution in [0.3, 0.4) is 0 Å². The summed E-state index contributed by atoms with van der Waals surface area (Å²) in [5.41, 5.74) is 2.38. The van der Waals surface area contributed by atoms with E-state index < -0.39 is 0 Å². The van der Waals surface area contributed by atoms with Crippen molar-refractivity contribution < 1.29 is 9.47 Å². The highest BCUT2D eigenvalue weighted by molar-refractivity contribution is 9.10. The zero-order valence-electron chi connectivity index (χ0n) is 14.3. The molecule has 2 aromatic carbocycles. The molecule has 134 valence electrons. The molecule has 1 aliphatic heterocycles. The van der Waals surface area contributed by atoms with Gasteiger partial charge in [-0.15, -0.1) is 10.2 Å². The number of halogens is 1. The smallest absolute Gasteiger partial charge is 0.191 e. The van der Waals surface area contributed by atoms with E-state index >= 15 is 0 Å². The summed E-state index contributed by atoms with van der Waals surface area (Å²) in [6, 6.07) is 14.4. The van der Waals surface area contributed by atoms with Crippen LogP contribution < -0.4 is 9.47 Å². The lowest BCUT2D eigenvalue weighted by molar-refractivity contribution is 0.171. The van der Waals surface area contributed by atoms with E-state index in [-0.39, 0.29) is 0 Å². The summed E-state index contributed by atoms with van der Waals surface area (Å²) in [6.07, 6.45) is 0. The van der Waals surface area contributed by atoms with Crippen molar-refractivity contribution in [1.82, 2.24) is 14.8 Å². The van der Waals surface area contributed by atoms with E-state index in [0.717, 1.165) is 44.8 Å². The number of benzene rings is 2. The molecule has 4 rings (SSSR count). The van der Waals surface area contributed by atoms with Crippen molar-refractivity contribution in [3.8, 4) is 11.5 Å². The molecule has 0 atom stereocenters. The first-order valence-corrected chi connectivity index (χ1v) is 10.1. The number of aromatic nitrogens is 3. The van der Waals surface area contributed by atoms with Crippen LogP contribution in [0.15, 0.2) is 52.1 Å². The van der Waals surface area contributed by atoms with Crippen LogP contribution in [0, 0.1) is 6.92 Å². The molecule has 0 saturated heterocycles. The highest BCUT2D eigenvalue weighted by Crippen LogP contribution is 2.37. The summed E-state index contributed by atoms with van der Waals surface area (Å²) in [5.74, 6) is 3.28. The average molecular weight is 432 g/mol. The van der Waals surface area contributed by atoms with Crippen LogP contribution >= 0.6 is 27.7 Å². The topological polar surface area (TPSA) is 49.2 Å². The molecular formula is C19H18BrN3O2S. The summed E-state index contributed by atoms with van der Waals surface area (Å²) in [5, 5.41) is 9.51. The van der Waals surface area contributed by atoms with Gasteiger partial charge in [0, 0.05) is 10.2 Å². The van der Waals surface area contributed by atoms with Crippen LogP contribution in [0.25, 0.3) is 0 Å². The van der Waals surface area contributed by atoms with Crippen LogP contribution in [-0.4, -0.2) is 28.0 Å². The Morgan fingerprint density at radius 2 is 1.81 bits per heavy atom. The lowest BCUT2D eigenvalue weighted by Gasteiger charge is -2.19. The average Bonchev–Trinajstić information content (AvgIpc) is 3.01. The highest BCUT2D eigenvalue weighted by Gasteiger charge is 2.16. The van der Waals surface area contributed by atoms with Crippen molar-refractivity contribution in [2.45, 2.75) is 24.4 Å². The normalized spacial score (nSPS) is 13.0. The molecule has 0 saturated carbocycles. The lowest BCUT2D eigenvalue weighted by atomic mass is 10.2. The van der Waals surface area contributed by atoms with E-state index in [0.29, 0.717) is 13.2 Å². The minimum absolute atomic E-state index is 0.589. The maximum Gasteiger partial charge on any atom is 0.191 e. The number of nitrogens with zero attached hydrogens (tertiary/aromatic N) is 3. The SMILES string of the molecule is Cc1nnc(SCc2cc3c(cc2Br)OCCO3)n1Cc1ccccc1. The fourth-order valence-corrected chi connectivity index (χ4v) is 4.40. The van der Waals surface area contributed by atoms with Crippen LogP contribution in [0.1, 0.15) is 17.0 Å². The summed E-state index contributed by atoms with van der Waals surface area (Å²) in [4.78, 5) is 0. The molecule has 2 heterocycles. The predicted molar refractivity (Wildman–Crippen MR) is 105 cm³/mol. The van der Waals surface area contributed by atoms with Gasteiger partial charge in [-0.3, -0.25) is 0 Å². The Balaban J connectivity index is 1.52. The van der Waals surface area contributed by atoms with Crippen LogP contribution in [0.5, 0.6) is 11.5 Å². The quantitative estimate of drug-likeness (QED) is 0.558. The Bertz CT molecular complexity index is 915. The summed E-state index contributed by atoms with van der Waals surface area (Å²) < 4.78 is 14.5. The second-order valence-corrected chi connectivity index (χ2v) is 7.77. The molecular weight excluding hydrogens is 414 g/mol. The van der Waals surface area contributed by atoms with Gasteiger partial charge in [-0.1, -0.05) is 58.0 Å². The van der Waals surface area contributed by atoms with Gasteiger partial charge >= 0.3 is 0 Å². The molecule has 0 amide bonds. The van der Waals surface area contributed by atoms with E-state index in [9.17, 15) is 0 Å². The van der Waals surface area contributed by atoms with E-state index in [4.69, 9.17) is 9.47 Å². The van der Waals surface area contributed by atoms with Crippen molar-refractivity contribution >= 4 is 27.7 Å². The molecule has 7 heteroatoms. The molecule has 3 aromatic rings. The van der Waals surface area contributed by atoms with Gasteiger partial charge in [-0.2, -0.15) is 0 Å². The third-order valence-electron chi connectivity index (χ3n) is 4.15. The fraction of sp³-hybridized carbons (Fsp3) is 0.263. The number of fused-ring (bicyclic) bond motifs is 1. The summed E-state index contributed by atoms with van der Waals surface area (Å²) in [7, 11) is 0. The number of hydrogen-bond acceptors (Lipinski definition) is 5. The molecule has 1 aromatic heterocycles. The van der Waals surface area contributed by atoms with Gasteiger partial charge in [0.05, 0.1) is 6.54 Å². The number of thioether (sulfide) groups is 1. The number of aryl methyl sites for hydroxylation is 1. The molecule has 0 aliphatic carbocycles. The number of rotatable bonds is 5. The zero-order chi connectivity index (χ0) is 17.9. The first-order chi connectivity index (χ1) is 12.7. The van der Waals surface area contributed by atoms with Gasteiger partial charge in [-0.05, 0) is 30.2 Å². The minimum Gasteiger partial charge on any atom is -0.486 e. The Morgan fingerprint density at radius 3 is 2.58 bits per heavy atom.